The monoisotopic (exact) mass is 214 g/mol. The van der Waals surface area contributed by atoms with Crippen molar-refractivity contribution in [1.82, 2.24) is 0 Å². The maximum Gasteiger partial charge on any atom is 0.0829 e. The van der Waals surface area contributed by atoms with Crippen molar-refractivity contribution in [1.29, 1.82) is 0 Å². The first-order valence-corrected chi connectivity index (χ1v) is 5.86. The molecule has 2 atom stereocenters. The quantitative estimate of drug-likeness (QED) is 0.591. The van der Waals surface area contributed by atoms with Crippen LogP contribution < -0.4 is 0 Å². The van der Waals surface area contributed by atoms with Crippen molar-refractivity contribution in [2.75, 3.05) is 0 Å². The standard InChI is InChI=1S/C15H18O/c1-12-7-8-13(9-12)10-15(11-16)14-5-3-2-4-6-14/h2-8,11-13,16H,9-10H2,1H3/b15-11-. The van der Waals surface area contributed by atoms with E-state index in [9.17, 15) is 5.11 Å². The van der Waals surface area contributed by atoms with E-state index in [2.05, 4.69) is 19.1 Å². The van der Waals surface area contributed by atoms with Crippen LogP contribution in [0.25, 0.3) is 5.57 Å². The lowest BCUT2D eigenvalue weighted by atomic mass is 9.93. The molecular formula is C15H18O. The minimum Gasteiger partial charge on any atom is -0.515 e. The van der Waals surface area contributed by atoms with Crippen molar-refractivity contribution in [3.8, 4) is 0 Å². The lowest BCUT2D eigenvalue weighted by Gasteiger charge is -2.12. The van der Waals surface area contributed by atoms with E-state index < -0.39 is 0 Å². The summed E-state index contributed by atoms with van der Waals surface area (Å²) in [5.41, 5.74) is 2.15. The number of aliphatic hydroxyl groups excluding tert-OH is 1. The maximum atomic E-state index is 9.32. The van der Waals surface area contributed by atoms with Crippen molar-refractivity contribution in [2.24, 2.45) is 11.8 Å². The number of allylic oxidation sites excluding steroid dienone is 3. The van der Waals surface area contributed by atoms with Crippen molar-refractivity contribution in [3.63, 3.8) is 0 Å². The van der Waals surface area contributed by atoms with E-state index in [4.69, 9.17) is 0 Å². The molecule has 1 aliphatic rings. The topological polar surface area (TPSA) is 20.2 Å². The maximum absolute atomic E-state index is 9.32. The number of hydrogen-bond donors (Lipinski definition) is 1. The summed E-state index contributed by atoms with van der Waals surface area (Å²) in [7, 11) is 0. The van der Waals surface area contributed by atoms with E-state index in [1.807, 2.05) is 30.3 Å². The average Bonchev–Trinajstić information content (AvgIpc) is 2.73. The van der Waals surface area contributed by atoms with Crippen molar-refractivity contribution >= 4 is 5.57 Å². The molecule has 2 rings (SSSR count). The highest BCUT2D eigenvalue weighted by atomic mass is 16.2. The van der Waals surface area contributed by atoms with Crippen LogP contribution in [0.3, 0.4) is 0 Å². The third-order valence-corrected chi connectivity index (χ3v) is 3.17. The van der Waals surface area contributed by atoms with Crippen LogP contribution in [0.4, 0.5) is 0 Å². The van der Waals surface area contributed by atoms with Gasteiger partial charge in [0.2, 0.25) is 0 Å². The predicted octanol–water partition coefficient (Wildman–Crippen LogP) is 4.19. The fourth-order valence-corrected chi connectivity index (χ4v) is 2.31. The summed E-state index contributed by atoms with van der Waals surface area (Å²) in [6.45, 7) is 2.24. The fourth-order valence-electron chi connectivity index (χ4n) is 2.31. The Labute approximate surface area is 97.1 Å². The molecule has 1 nitrogen and oxygen atoms in total. The van der Waals surface area contributed by atoms with Gasteiger partial charge in [0.25, 0.3) is 0 Å². The number of benzene rings is 1. The van der Waals surface area contributed by atoms with E-state index >= 15 is 0 Å². The lowest BCUT2D eigenvalue weighted by molar-refractivity contribution is 0.470. The van der Waals surface area contributed by atoms with Gasteiger partial charge in [0.1, 0.15) is 0 Å². The molecule has 1 aliphatic carbocycles. The molecular weight excluding hydrogens is 196 g/mol. The minimum absolute atomic E-state index is 0.577. The van der Waals surface area contributed by atoms with Crippen LogP contribution in [0.5, 0.6) is 0 Å². The Morgan fingerprint density at radius 2 is 2.06 bits per heavy atom. The fraction of sp³-hybridized carbons (Fsp3) is 0.333. The molecule has 0 heterocycles. The number of aliphatic hydroxyl groups is 1. The number of rotatable bonds is 3. The molecule has 0 amide bonds. The molecule has 1 aromatic rings. The van der Waals surface area contributed by atoms with Crippen molar-refractivity contribution in [3.05, 3.63) is 54.3 Å². The first kappa shape index (κ1) is 11.0. The zero-order valence-electron chi connectivity index (χ0n) is 9.63. The summed E-state index contributed by atoms with van der Waals surface area (Å²) >= 11 is 0. The van der Waals surface area contributed by atoms with Crippen molar-refractivity contribution < 1.29 is 5.11 Å². The molecule has 0 bridgehead atoms. The van der Waals surface area contributed by atoms with E-state index in [-0.39, 0.29) is 0 Å². The van der Waals surface area contributed by atoms with Gasteiger partial charge in [-0.1, -0.05) is 49.4 Å². The van der Waals surface area contributed by atoms with Gasteiger partial charge in [-0.05, 0) is 35.8 Å². The van der Waals surface area contributed by atoms with Crippen LogP contribution in [-0.2, 0) is 0 Å². The molecule has 0 saturated carbocycles. The van der Waals surface area contributed by atoms with Gasteiger partial charge in [-0.15, -0.1) is 0 Å². The van der Waals surface area contributed by atoms with Gasteiger partial charge < -0.3 is 5.11 Å². The molecule has 1 heteroatoms. The van der Waals surface area contributed by atoms with Gasteiger partial charge in [-0.2, -0.15) is 0 Å². The summed E-state index contributed by atoms with van der Waals surface area (Å²) in [6, 6.07) is 10.1. The van der Waals surface area contributed by atoms with Crippen LogP contribution >= 0.6 is 0 Å². The second-order valence-electron chi connectivity index (χ2n) is 4.58. The van der Waals surface area contributed by atoms with Gasteiger partial charge in [0.15, 0.2) is 0 Å². The number of hydrogen-bond acceptors (Lipinski definition) is 1. The van der Waals surface area contributed by atoms with E-state index in [1.165, 1.54) is 12.7 Å². The first-order valence-electron chi connectivity index (χ1n) is 5.86. The van der Waals surface area contributed by atoms with Crippen molar-refractivity contribution in [2.45, 2.75) is 19.8 Å². The summed E-state index contributed by atoms with van der Waals surface area (Å²) < 4.78 is 0. The summed E-state index contributed by atoms with van der Waals surface area (Å²) in [5.74, 6) is 1.26. The smallest absolute Gasteiger partial charge is 0.0829 e. The second-order valence-corrected chi connectivity index (χ2v) is 4.58. The van der Waals surface area contributed by atoms with Crippen LogP contribution in [-0.4, -0.2) is 5.11 Å². The van der Waals surface area contributed by atoms with E-state index in [0.29, 0.717) is 11.8 Å². The SMILES string of the molecule is CC1C=CC(C/C(=C/O)c2ccccc2)C1. The van der Waals surface area contributed by atoms with Gasteiger partial charge in [0.05, 0.1) is 6.26 Å². The second kappa shape index (κ2) is 5.02. The minimum atomic E-state index is 0.577. The molecule has 0 aromatic heterocycles. The third-order valence-electron chi connectivity index (χ3n) is 3.17. The molecule has 16 heavy (non-hydrogen) atoms. The Kier molecular flexibility index (Phi) is 3.45. The molecule has 0 spiro atoms. The first-order chi connectivity index (χ1) is 7.79. The van der Waals surface area contributed by atoms with E-state index in [1.54, 1.807) is 0 Å². The normalized spacial score (nSPS) is 24.9. The molecule has 84 valence electrons. The molecule has 0 saturated heterocycles. The van der Waals surface area contributed by atoms with Crippen LogP contribution in [0.1, 0.15) is 25.3 Å². The summed E-state index contributed by atoms with van der Waals surface area (Å²) in [6.07, 6.45) is 7.93. The Hall–Kier alpha value is -1.50. The van der Waals surface area contributed by atoms with Gasteiger partial charge in [0, 0.05) is 0 Å². The van der Waals surface area contributed by atoms with Crippen LogP contribution in [0.15, 0.2) is 48.7 Å². The highest BCUT2D eigenvalue weighted by Crippen LogP contribution is 2.31. The Morgan fingerprint density at radius 1 is 1.31 bits per heavy atom. The van der Waals surface area contributed by atoms with Gasteiger partial charge in [-0.3, -0.25) is 0 Å². The lowest BCUT2D eigenvalue weighted by Crippen LogP contribution is -1.97. The van der Waals surface area contributed by atoms with Gasteiger partial charge in [-0.25, -0.2) is 0 Å². The molecule has 0 fully saturated rings. The molecule has 0 aliphatic heterocycles. The molecule has 0 radical (unpaired) electrons. The molecule has 2 unspecified atom stereocenters. The Balaban J connectivity index is 2.06. The highest BCUT2D eigenvalue weighted by Gasteiger charge is 2.17. The summed E-state index contributed by atoms with van der Waals surface area (Å²) in [5, 5.41) is 9.32. The van der Waals surface area contributed by atoms with Crippen LogP contribution in [0, 0.1) is 11.8 Å². The zero-order chi connectivity index (χ0) is 11.4. The van der Waals surface area contributed by atoms with Crippen LogP contribution in [0.2, 0.25) is 0 Å². The average molecular weight is 214 g/mol. The Bertz CT molecular complexity index is 389. The Morgan fingerprint density at radius 3 is 2.62 bits per heavy atom. The zero-order valence-corrected chi connectivity index (χ0v) is 9.63. The highest BCUT2D eigenvalue weighted by molar-refractivity contribution is 5.64. The predicted molar refractivity (Wildman–Crippen MR) is 68.1 cm³/mol. The molecule has 1 N–H and O–H groups in total. The van der Waals surface area contributed by atoms with E-state index in [0.717, 1.165) is 17.6 Å². The molecule has 1 aromatic carbocycles. The largest absolute Gasteiger partial charge is 0.515 e. The van der Waals surface area contributed by atoms with Gasteiger partial charge >= 0.3 is 0 Å². The summed E-state index contributed by atoms with van der Waals surface area (Å²) in [4.78, 5) is 0. The third kappa shape index (κ3) is 2.54.